The average Bonchev–Trinajstić information content (AvgIpc) is 3.28. The monoisotopic (exact) mass is 471 g/mol. The molecule has 0 spiro atoms. The van der Waals surface area contributed by atoms with E-state index in [1.807, 2.05) is 27.8 Å². The molecule has 2 aromatic carbocycles. The van der Waals surface area contributed by atoms with Gasteiger partial charge in [-0.2, -0.15) is 5.10 Å². The minimum absolute atomic E-state index is 0.0238. The maximum absolute atomic E-state index is 13.6. The Morgan fingerprint density at radius 3 is 2.60 bits per heavy atom. The van der Waals surface area contributed by atoms with Gasteiger partial charge in [-0.3, -0.25) is 9.59 Å². The van der Waals surface area contributed by atoms with Gasteiger partial charge in [0.1, 0.15) is 0 Å². The van der Waals surface area contributed by atoms with Crippen LogP contribution in [0.1, 0.15) is 63.4 Å². The summed E-state index contributed by atoms with van der Waals surface area (Å²) in [6.45, 7) is 2.47. The number of nitrogens with zero attached hydrogens (tertiary/aromatic N) is 3. The minimum atomic E-state index is -0.472. The first-order valence-electron chi connectivity index (χ1n) is 12.7. The number of nitrogens with two attached hydrogens (primary N) is 1. The van der Waals surface area contributed by atoms with Gasteiger partial charge in [-0.15, -0.1) is 0 Å². The zero-order valence-electron chi connectivity index (χ0n) is 20.1. The number of primary amides is 1. The number of hydrogen-bond donors (Lipinski definition) is 2. The summed E-state index contributed by atoms with van der Waals surface area (Å²) in [5.41, 5.74) is 10.7. The largest absolute Gasteiger partial charge is 0.366 e. The van der Waals surface area contributed by atoms with Gasteiger partial charge in [0, 0.05) is 36.0 Å². The number of carbonyl (C=O) groups excluding carboxylic acids is 2. The van der Waals surface area contributed by atoms with E-state index in [1.165, 1.54) is 12.0 Å². The van der Waals surface area contributed by atoms with Crippen molar-refractivity contribution < 1.29 is 9.59 Å². The number of carbonyl (C=O) groups is 2. The van der Waals surface area contributed by atoms with E-state index in [2.05, 4.69) is 29.6 Å². The number of hydrogen-bond acceptors (Lipinski definition) is 4. The van der Waals surface area contributed by atoms with Crippen molar-refractivity contribution in [2.45, 2.75) is 51.0 Å². The number of nitrogens with one attached hydrogen (secondary N) is 1. The second-order valence-electron chi connectivity index (χ2n) is 9.58. The highest BCUT2D eigenvalue weighted by molar-refractivity contribution is 5.95. The van der Waals surface area contributed by atoms with Crippen LogP contribution in [0.4, 0.5) is 0 Å². The standard InChI is InChI=1S/C28H33N5O2/c29-27(34)21-10-7-11-23(18-21)33-25-13-12-22(30-15-14-20-8-3-1-4-9-20)19-24(25)26(31-33)28(35)32-16-5-2-6-17-32/h1,3-4,7-11,18,22,30H,2,5-6,12-17,19H2,(H2,29,34). The van der Waals surface area contributed by atoms with E-state index in [0.29, 0.717) is 17.3 Å². The van der Waals surface area contributed by atoms with Gasteiger partial charge >= 0.3 is 0 Å². The van der Waals surface area contributed by atoms with Gasteiger partial charge in [0.05, 0.1) is 5.69 Å². The van der Waals surface area contributed by atoms with Gasteiger partial charge in [0.15, 0.2) is 5.69 Å². The summed E-state index contributed by atoms with van der Waals surface area (Å²) >= 11 is 0. The van der Waals surface area contributed by atoms with Crippen molar-refractivity contribution in [2.75, 3.05) is 19.6 Å². The van der Waals surface area contributed by atoms with Crippen LogP contribution >= 0.6 is 0 Å². The van der Waals surface area contributed by atoms with Gasteiger partial charge in [-0.05, 0) is 75.3 Å². The number of fused-ring (bicyclic) bond motifs is 1. The van der Waals surface area contributed by atoms with Crippen molar-refractivity contribution in [3.63, 3.8) is 0 Å². The Morgan fingerprint density at radius 1 is 1.03 bits per heavy atom. The second-order valence-corrected chi connectivity index (χ2v) is 9.58. The molecule has 7 nitrogen and oxygen atoms in total. The first kappa shape index (κ1) is 23.3. The zero-order chi connectivity index (χ0) is 24.2. The lowest BCUT2D eigenvalue weighted by atomic mass is 9.90. The highest BCUT2D eigenvalue weighted by Crippen LogP contribution is 2.29. The van der Waals surface area contributed by atoms with E-state index >= 15 is 0 Å². The van der Waals surface area contributed by atoms with Crippen LogP contribution in [0.25, 0.3) is 5.69 Å². The molecule has 3 aromatic rings. The van der Waals surface area contributed by atoms with Crippen LogP contribution < -0.4 is 11.1 Å². The van der Waals surface area contributed by atoms with Crippen molar-refractivity contribution in [1.82, 2.24) is 20.0 Å². The summed E-state index contributed by atoms with van der Waals surface area (Å²) in [7, 11) is 0. The van der Waals surface area contributed by atoms with Crippen LogP contribution in [0.5, 0.6) is 0 Å². The predicted molar refractivity (Wildman–Crippen MR) is 136 cm³/mol. The zero-order valence-corrected chi connectivity index (χ0v) is 20.1. The third-order valence-electron chi connectivity index (χ3n) is 7.18. The highest BCUT2D eigenvalue weighted by atomic mass is 16.2. The molecule has 1 aliphatic carbocycles. The molecule has 35 heavy (non-hydrogen) atoms. The average molecular weight is 472 g/mol. The molecular formula is C28H33N5O2. The number of benzene rings is 2. The smallest absolute Gasteiger partial charge is 0.274 e. The fourth-order valence-electron chi connectivity index (χ4n) is 5.28. The summed E-state index contributed by atoms with van der Waals surface area (Å²) in [6, 6.07) is 18.0. The Balaban J connectivity index is 1.41. The highest BCUT2D eigenvalue weighted by Gasteiger charge is 2.32. The molecule has 0 bridgehead atoms. The molecule has 2 heterocycles. The van der Waals surface area contributed by atoms with Crippen LogP contribution in [0.2, 0.25) is 0 Å². The molecule has 3 N–H and O–H groups in total. The molecule has 7 heteroatoms. The lowest BCUT2D eigenvalue weighted by Gasteiger charge is -2.27. The van der Waals surface area contributed by atoms with E-state index in [1.54, 1.807) is 12.1 Å². The maximum atomic E-state index is 13.6. The van der Waals surface area contributed by atoms with Crippen LogP contribution in [0.15, 0.2) is 54.6 Å². The summed E-state index contributed by atoms with van der Waals surface area (Å²) in [6.07, 6.45) is 6.79. The van der Waals surface area contributed by atoms with Gasteiger partial charge in [0.25, 0.3) is 5.91 Å². The van der Waals surface area contributed by atoms with Crippen molar-refractivity contribution in [1.29, 1.82) is 0 Å². The third-order valence-corrected chi connectivity index (χ3v) is 7.18. The van der Waals surface area contributed by atoms with E-state index in [4.69, 9.17) is 10.8 Å². The summed E-state index contributed by atoms with van der Waals surface area (Å²) in [5, 5.41) is 8.55. The topological polar surface area (TPSA) is 93.2 Å². The maximum Gasteiger partial charge on any atom is 0.274 e. The molecule has 1 aromatic heterocycles. The van der Waals surface area contributed by atoms with Crippen molar-refractivity contribution in [2.24, 2.45) is 5.73 Å². The number of rotatable bonds is 7. The number of piperidine rings is 1. The van der Waals surface area contributed by atoms with E-state index in [0.717, 1.165) is 75.1 Å². The first-order chi connectivity index (χ1) is 17.1. The molecule has 5 rings (SSSR count). The fraction of sp³-hybridized carbons (Fsp3) is 0.393. The Hall–Kier alpha value is -3.45. The van der Waals surface area contributed by atoms with Gasteiger partial charge in [-0.1, -0.05) is 36.4 Å². The lowest BCUT2D eigenvalue weighted by Crippen LogP contribution is -2.38. The quantitative estimate of drug-likeness (QED) is 0.553. The molecule has 1 saturated heterocycles. The van der Waals surface area contributed by atoms with E-state index < -0.39 is 5.91 Å². The number of aromatic nitrogens is 2. The van der Waals surface area contributed by atoms with Crippen molar-refractivity contribution in [3.8, 4) is 5.69 Å². The van der Waals surface area contributed by atoms with Crippen LogP contribution in [0, 0.1) is 0 Å². The number of amides is 2. The Kier molecular flexibility index (Phi) is 6.95. The molecule has 1 atom stereocenters. The second kappa shape index (κ2) is 10.4. The minimum Gasteiger partial charge on any atom is -0.366 e. The van der Waals surface area contributed by atoms with Crippen LogP contribution in [0.3, 0.4) is 0 Å². The summed E-state index contributed by atoms with van der Waals surface area (Å²) in [5.74, 6) is -0.448. The van der Waals surface area contributed by atoms with Crippen molar-refractivity contribution in [3.05, 3.63) is 82.7 Å². The first-order valence-corrected chi connectivity index (χ1v) is 12.7. The van der Waals surface area contributed by atoms with Crippen LogP contribution in [-0.4, -0.2) is 52.2 Å². The molecule has 2 aliphatic rings. The Bertz CT molecular complexity index is 1200. The number of likely N-dealkylation sites (tertiary alicyclic amines) is 1. The summed E-state index contributed by atoms with van der Waals surface area (Å²) < 4.78 is 1.86. The van der Waals surface area contributed by atoms with Crippen LogP contribution in [-0.2, 0) is 19.3 Å². The molecule has 0 saturated carbocycles. The third kappa shape index (κ3) is 5.15. The molecule has 1 fully saturated rings. The normalized spacial score (nSPS) is 17.7. The Labute approximate surface area is 206 Å². The fourth-order valence-corrected chi connectivity index (χ4v) is 5.28. The molecule has 182 valence electrons. The van der Waals surface area contributed by atoms with Gasteiger partial charge in [-0.25, -0.2) is 4.68 Å². The van der Waals surface area contributed by atoms with Crippen molar-refractivity contribution >= 4 is 11.8 Å². The molecule has 1 unspecified atom stereocenters. The Morgan fingerprint density at radius 2 is 1.83 bits per heavy atom. The van der Waals surface area contributed by atoms with E-state index in [9.17, 15) is 9.59 Å². The lowest BCUT2D eigenvalue weighted by molar-refractivity contribution is 0.0716. The molecule has 1 aliphatic heterocycles. The van der Waals surface area contributed by atoms with Gasteiger partial charge in [0.2, 0.25) is 5.91 Å². The molecular weight excluding hydrogens is 438 g/mol. The molecule has 2 amide bonds. The summed E-state index contributed by atoms with van der Waals surface area (Å²) in [4.78, 5) is 27.3. The molecule has 0 radical (unpaired) electrons. The SMILES string of the molecule is NC(=O)c1cccc(-n2nc(C(=O)N3CCCCC3)c3c2CCC(NCCc2ccccc2)C3)c1. The van der Waals surface area contributed by atoms with Gasteiger partial charge < -0.3 is 16.0 Å². The van der Waals surface area contributed by atoms with E-state index in [-0.39, 0.29) is 5.91 Å². The predicted octanol–water partition coefficient (Wildman–Crippen LogP) is 3.29.